The molecule has 4 rings (SSSR count). The molecule has 2 aliphatic rings. The van der Waals surface area contributed by atoms with E-state index in [9.17, 15) is 12.8 Å². The fourth-order valence-electron chi connectivity index (χ4n) is 4.01. The molecule has 7 nitrogen and oxygen atoms in total. The number of fused-ring (bicyclic) bond motifs is 1. The highest BCUT2D eigenvalue weighted by Gasteiger charge is 2.47. The topological polar surface area (TPSA) is 71.3 Å². The second-order valence-electron chi connectivity index (χ2n) is 6.88. The van der Waals surface area contributed by atoms with E-state index >= 15 is 0 Å². The van der Waals surface area contributed by atoms with Crippen LogP contribution in [0.15, 0.2) is 29.6 Å². The number of hydrogen-bond acceptors (Lipinski definition) is 5. The summed E-state index contributed by atoms with van der Waals surface area (Å²) in [7, 11) is -3.62. The maximum atomic E-state index is 13.1. The quantitative estimate of drug-likeness (QED) is 0.808. The minimum Gasteiger partial charge on any atom is -0.355 e. The minimum atomic E-state index is -3.62. The van der Waals surface area contributed by atoms with E-state index in [0.717, 1.165) is 13.0 Å². The van der Waals surface area contributed by atoms with Gasteiger partial charge < -0.3 is 9.47 Å². The first-order chi connectivity index (χ1) is 12.4. The summed E-state index contributed by atoms with van der Waals surface area (Å²) in [6.07, 6.45) is 3.62. The standard InChI is InChI=1S/C17H22FN5O2S/c1-3-21-11-17(20-12(21)2)26(24,25)23-7-6-13-9-22(10-15(13)23)16-5-4-14(18)8-19-16/h4-5,8,11,13,15H,3,6-7,9-10H2,1-2H3. The molecule has 0 saturated carbocycles. The molecular weight excluding hydrogens is 357 g/mol. The molecule has 140 valence electrons. The summed E-state index contributed by atoms with van der Waals surface area (Å²) in [5, 5.41) is 0.121. The maximum Gasteiger partial charge on any atom is 0.262 e. The highest BCUT2D eigenvalue weighted by molar-refractivity contribution is 7.89. The summed E-state index contributed by atoms with van der Waals surface area (Å²) in [6, 6.07) is 2.92. The van der Waals surface area contributed by atoms with Crippen molar-refractivity contribution in [2.24, 2.45) is 5.92 Å². The lowest BCUT2D eigenvalue weighted by atomic mass is 10.1. The molecule has 2 unspecified atom stereocenters. The molecule has 26 heavy (non-hydrogen) atoms. The van der Waals surface area contributed by atoms with Gasteiger partial charge in [-0.2, -0.15) is 4.31 Å². The SMILES string of the molecule is CCn1cc(S(=O)(=O)N2CCC3CN(c4ccc(F)cn4)CC32)nc1C. The maximum absolute atomic E-state index is 13.1. The van der Waals surface area contributed by atoms with Gasteiger partial charge in [0, 0.05) is 38.4 Å². The van der Waals surface area contributed by atoms with Gasteiger partial charge in [-0.1, -0.05) is 0 Å². The molecule has 0 N–H and O–H groups in total. The van der Waals surface area contributed by atoms with Gasteiger partial charge in [-0.3, -0.25) is 0 Å². The number of nitrogens with zero attached hydrogens (tertiary/aromatic N) is 5. The van der Waals surface area contributed by atoms with Gasteiger partial charge in [-0.15, -0.1) is 0 Å². The van der Waals surface area contributed by atoms with Crippen LogP contribution in [0.2, 0.25) is 0 Å². The predicted octanol–water partition coefficient (Wildman–Crippen LogP) is 1.64. The van der Waals surface area contributed by atoms with E-state index in [0.29, 0.717) is 31.3 Å². The Morgan fingerprint density at radius 1 is 1.31 bits per heavy atom. The predicted molar refractivity (Wildman–Crippen MR) is 94.8 cm³/mol. The highest BCUT2D eigenvalue weighted by atomic mass is 32.2. The molecule has 2 atom stereocenters. The highest BCUT2D eigenvalue weighted by Crippen LogP contribution is 2.36. The third kappa shape index (κ3) is 2.79. The number of halogens is 1. The smallest absolute Gasteiger partial charge is 0.262 e. The number of sulfonamides is 1. The zero-order chi connectivity index (χ0) is 18.5. The van der Waals surface area contributed by atoms with Gasteiger partial charge in [-0.25, -0.2) is 22.8 Å². The van der Waals surface area contributed by atoms with Crippen molar-refractivity contribution in [1.29, 1.82) is 0 Å². The first-order valence-corrected chi connectivity index (χ1v) is 10.3. The van der Waals surface area contributed by atoms with Crippen LogP contribution in [0.1, 0.15) is 19.2 Å². The van der Waals surface area contributed by atoms with Gasteiger partial charge >= 0.3 is 0 Å². The Kier molecular flexibility index (Phi) is 4.23. The Hall–Kier alpha value is -2.00. The summed E-state index contributed by atoms with van der Waals surface area (Å²) < 4.78 is 42.7. The second-order valence-corrected chi connectivity index (χ2v) is 8.72. The van der Waals surface area contributed by atoms with E-state index in [1.165, 1.54) is 12.3 Å². The Bertz CT molecular complexity index is 912. The van der Waals surface area contributed by atoms with Gasteiger partial charge in [0.25, 0.3) is 10.0 Å². The number of hydrogen-bond donors (Lipinski definition) is 0. The third-order valence-corrected chi connectivity index (χ3v) is 7.20. The Labute approximate surface area is 152 Å². The van der Waals surface area contributed by atoms with E-state index in [4.69, 9.17) is 0 Å². The van der Waals surface area contributed by atoms with E-state index in [-0.39, 0.29) is 22.8 Å². The summed E-state index contributed by atoms with van der Waals surface area (Å²) in [5.74, 6) is 1.26. The van der Waals surface area contributed by atoms with Gasteiger partial charge in [0.05, 0.1) is 6.20 Å². The average Bonchev–Trinajstić information content (AvgIpc) is 3.28. The first-order valence-electron chi connectivity index (χ1n) is 8.82. The van der Waals surface area contributed by atoms with Gasteiger partial charge in [-0.05, 0) is 38.3 Å². The molecule has 2 fully saturated rings. The molecule has 0 amide bonds. The molecule has 2 aromatic heterocycles. The molecule has 2 aliphatic heterocycles. The van der Waals surface area contributed by atoms with Gasteiger partial charge in [0.15, 0.2) is 5.03 Å². The van der Waals surface area contributed by atoms with Crippen molar-refractivity contribution in [3.05, 3.63) is 36.2 Å². The van der Waals surface area contributed by atoms with Crippen molar-refractivity contribution in [3.63, 3.8) is 0 Å². The lowest BCUT2D eigenvalue weighted by Crippen LogP contribution is -2.40. The third-order valence-electron chi connectivity index (χ3n) is 5.40. The minimum absolute atomic E-state index is 0.0982. The average molecular weight is 379 g/mol. The lowest BCUT2D eigenvalue weighted by molar-refractivity contribution is 0.383. The van der Waals surface area contributed by atoms with Crippen LogP contribution in [0, 0.1) is 18.7 Å². The first kappa shape index (κ1) is 17.4. The van der Waals surface area contributed by atoms with Crippen molar-refractivity contribution in [2.75, 3.05) is 24.5 Å². The van der Waals surface area contributed by atoms with Crippen LogP contribution in [-0.4, -0.2) is 52.9 Å². The molecule has 4 heterocycles. The van der Waals surface area contributed by atoms with Crippen LogP contribution in [0.5, 0.6) is 0 Å². The van der Waals surface area contributed by atoms with Gasteiger partial charge in [0.1, 0.15) is 17.5 Å². The number of pyridine rings is 1. The summed E-state index contributed by atoms with van der Waals surface area (Å²) in [6.45, 7) is 6.27. The van der Waals surface area contributed by atoms with Crippen molar-refractivity contribution in [1.82, 2.24) is 18.8 Å². The van der Waals surface area contributed by atoms with Crippen LogP contribution in [0.25, 0.3) is 0 Å². The van der Waals surface area contributed by atoms with Crippen molar-refractivity contribution < 1.29 is 12.8 Å². The molecular formula is C17H22FN5O2S. The monoisotopic (exact) mass is 379 g/mol. The summed E-state index contributed by atoms with van der Waals surface area (Å²) in [5.41, 5.74) is 0. The van der Waals surface area contributed by atoms with Crippen LogP contribution >= 0.6 is 0 Å². The molecule has 2 saturated heterocycles. The molecule has 0 aliphatic carbocycles. The fourth-order valence-corrected chi connectivity index (χ4v) is 5.70. The lowest BCUT2D eigenvalue weighted by Gasteiger charge is -2.23. The normalized spacial score (nSPS) is 23.6. The Morgan fingerprint density at radius 2 is 2.12 bits per heavy atom. The molecule has 9 heteroatoms. The number of anilines is 1. The van der Waals surface area contributed by atoms with Crippen LogP contribution in [-0.2, 0) is 16.6 Å². The van der Waals surface area contributed by atoms with E-state index in [2.05, 4.69) is 9.97 Å². The van der Waals surface area contributed by atoms with Crippen LogP contribution in [0.4, 0.5) is 10.2 Å². The van der Waals surface area contributed by atoms with E-state index < -0.39 is 10.0 Å². The molecule has 0 aromatic carbocycles. The van der Waals surface area contributed by atoms with Crippen molar-refractivity contribution >= 4 is 15.8 Å². The van der Waals surface area contributed by atoms with Crippen LogP contribution < -0.4 is 4.90 Å². The zero-order valence-corrected chi connectivity index (χ0v) is 15.7. The number of aryl methyl sites for hydroxylation is 2. The largest absolute Gasteiger partial charge is 0.355 e. The molecule has 0 radical (unpaired) electrons. The summed E-state index contributed by atoms with van der Waals surface area (Å²) in [4.78, 5) is 10.4. The molecule has 0 spiro atoms. The summed E-state index contributed by atoms with van der Waals surface area (Å²) >= 11 is 0. The molecule has 2 aromatic rings. The second kappa shape index (κ2) is 6.31. The number of imidazole rings is 1. The van der Waals surface area contributed by atoms with E-state index in [1.54, 1.807) is 16.6 Å². The zero-order valence-electron chi connectivity index (χ0n) is 14.8. The van der Waals surface area contributed by atoms with Crippen molar-refractivity contribution in [3.8, 4) is 0 Å². The van der Waals surface area contributed by atoms with Gasteiger partial charge in [0.2, 0.25) is 0 Å². The Morgan fingerprint density at radius 3 is 2.77 bits per heavy atom. The fraction of sp³-hybridized carbons (Fsp3) is 0.529. The number of aromatic nitrogens is 3. The molecule has 0 bridgehead atoms. The van der Waals surface area contributed by atoms with Crippen molar-refractivity contribution in [2.45, 2.75) is 37.9 Å². The van der Waals surface area contributed by atoms with E-state index in [1.807, 2.05) is 23.3 Å². The van der Waals surface area contributed by atoms with Crippen LogP contribution in [0.3, 0.4) is 0 Å². The number of rotatable bonds is 4. The Balaban J connectivity index is 1.58.